The monoisotopic (exact) mass is 347 g/mol. The van der Waals surface area contributed by atoms with Gasteiger partial charge in [0.1, 0.15) is 0 Å². The molecule has 4 nitrogen and oxygen atoms in total. The molecule has 1 atom stereocenters. The molecule has 2 aromatic carbocycles. The Morgan fingerprint density at radius 3 is 2.31 bits per heavy atom. The van der Waals surface area contributed by atoms with Crippen LogP contribution in [0.4, 0.5) is 0 Å². The molecule has 1 N–H and O–H groups in total. The highest BCUT2D eigenvalue weighted by molar-refractivity contribution is 5.51. The standard InChI is InChI=1S/C22H25N3O/c1-17(20-24-25-21(26-20)18-10-4-2-5-11-18)23-16-22(14-8-9-15-22)19-12-6-3-7-13-19/h2-7,10-13,17,23H,8-9,14-16H2,1H3/t17-/m0/s1. The summed E-state index contributed by atoms with van der Waals surface area (Å²) in [5.74, 6) is 1.22. The summed E-state index contributed by atoms with van der Waals surface area (Å²) in [7, 11) is 0. The van der Waals surface area contributed by atoms with E-state index in [2.05, 4.69) is 52.8 Å². The van der Waals surface area contributed by atoms with Crippen LogP contribution in [0.1, 0.15) is 50.1 Å². The van der Waals surface area contributed by atoms with Crippen LogP contribution < -0.4 is 5.32 Å². The second-order valence-corrected chi connectivity index (χ2v) is 7.27. The van der Waals surface area contributed by atoms with E-state index >= 15 is 0 Å². The second kappa shape index (κ2) is 7.42. The van der Waals surface area contributed by atoms with Crippen molar-refractivity contribution in [1.82, 2.24) is 15.5 Å². The van der Waals surface area contributed by atoms with Crippen molar-refractivity contribution < 1.29 is 4.42 Å². The van der Waals surface area contributed by atoms with Crippen molar-refractivity contribution in [2.24, 2.45) is 0 Å². The van der Waals surface area contributed by atoms with Gasteiger partial charge in [-0.1, -0.05) is 61.4 Å². The van der Waals surface area contributed by atoms with Gasteiger partial charge in [-0.05, 0) is 37.5 Å². The minimum absolute atomic E-state index is 0.0288. The van der Waals surface area contributed by atoms with E-state index in [1.54, 1.807) is 0 Å². The average molecular weight is 347 g/mol. The highest BCUT2D eigenvalue weighted by Crippen LogP contribution is 2.40. The molecule has 0 unspecified atom stereocenters. The van der Waals surface area contributed by atoms with Crippen LogP contribution in [-0.4, -0.2) is 16.7 Å². The van der Waals surface area contributed by atoms with Gasteiger partial charge in [-0.3, -0.25) is 0 Å². The van der Waals surface area contributed by atoms with Crippen LogP contribution in [0.15, 0.2) is 65.1 Å². The quantitative estimate of drug-likeness (QED) is 0.689. The molecule has 1 saturated carbocycles. The van der Waals surface area contributed by atoms with Crippen molar-refractivity contribution in [3.63, 3.8) is 0 Å². The van der Waals surface area contributed by atoms with Crippen molar-refractivity contribution in [1.29, 1.82) is 0 Å². The Labute approximate surface area is 154 Å². The SMILES string of the molecule is C[C@H](NCC1(c2ccccc2)CCCC1)c1nnc(-c2ccccc2)o1. The van der Waals surface area contributed by atoms with Gasteiger partial charge >= 0.3 is 0 Å². The normalized spacial score (nSPS) is 17.3. The molecule has 0 radical (unpaired) electrons. The predicted octanol–water partition coefficient (Wildman–Crippen LogP) is 4.90. The lowest BCUT2D eigenvalue weighted by atomic mass is 9.78. The molecule has 1 heterocycles. The summed E-state index contributed by atoms with van der Waals surface area (Å²) in [6, 6.07) is 20.8. The van der Waals surface area contributed by atoms with Crippen molar-refractivity contribution >= 4 is 0 Å². The molecule has 1 aromatic heterocycles. The molecule has 1 aliphatic rings. The smallest absolute Gasteiger partial charge is 0.247 e. The molecule has 0 bridgehead atoms. The molecule has 0 amide bonds. The maximum absolute atomic E-state index is 5.90. The molecule has 0 saturated heterocycles. The molecular formula is C22H25N3O. The summed E-state index contributed by atoms with van der Waals surface area (Å²) in [6.45, 7) is 3.02. The van der Waals surface area contributed by atoms with Gasteiger partial charge in [0, 0.05) is 17.5 Å². The Morgan fingerprint density at radius 1 is 0.962 bits per heavy atom. The van der Waals surface area contributed by atoms with E-state index < -0.39 is 0 Å². The zero-order chi connectivity index (χ0) is 17.8. The third-order valence-corrected chi connectivity index (χ3v) is 5.53. The first-order chi connectivity index (χ1) is 12.8. The lowest BCUT2D eigenvalue weighted by Crippen LogP contribution is -2.37. The van der Waals surface area contributed by atoms with Crippen molar-refractivity contribution in [3.8, 4) is 11.5 Å². The first-order valence-electron chi connectivity index (χ1n) is 9.45. The van der Waals surface area contributed by atoms with E-state index in [-0.39, 0.29) is 11.5 Å². The minimum Gasteiger partial charge on any atom is -0.419 e. The highest BCUT2D eigenvalue weighted by Gasteiger charge is 2.35. The van der Waals surface area contributed by atoms with Gasteiger partial charge in [0.2, 0.25) is 11.8 Å². The van der Waals surface area contributed by atoms with Crippen molar-refractivity contribution in [2.75, 3.05) is 6.54 Å². The molecule has 134 valence electrons. The Hall–Kier alpha value is -2.46. The van der Waals surface area contributed by atoms with Crippen molar-refractivity contribution in [2.45, 2.75) is 44.1 Å². The summed E-state index contributed by atoms with van der Waals surface area (Å²) in [4.78, 5) is 0. The molecule has 3 aromatic rings. The van der Waals surface area contributed by atoms with Gasteiger partial charge in [0.05, 0.1) is 6.04 Å². The summed E-state index contributed by atoms with van der Waals surface area (Å²) < 4.78 is 5.90. The minimum atomic E-state index is 0.0288. The van der Waals surface area contributed by atoms with E-state index in [4.69, 9.17) is 4.42 Å². The van der Waals surface area contributed by atoms with E-state index in [9.17, 15) is 0 Å². The molecule has 0 aliphatic heterocycles. The van der Waals surface area contributed by atoms with Crippen LogP contribution in [0, 0.1) is 0 Å². The summed E-state index contributed by atoms with van der Waals surface area (Å²) in [6.07, 6.45) is 5.05. The van der Waals surface area contributed by atoms with Gasteiger partial charge in [-0.25, -0.2) is 0 Å². The highest BCUT2D eigenvalue weighted by atomic mass is 16.4. The lowest BCUT2D eigenvalue weighted by Gasteiger charge is -2.31. The Kier molecular flexibility index (Phi) is 4.85. The molecular weight excluding hydrogens is 322 g/mol. The predicted molar refractivity (Wildman–Crippen MR) is 103 cm³/mol. The van der Waals surface area contributed by atoms with E-state index in [1.165, 1.54) is 31.2 Å². The van der Waals surface area contributed by atoms with Gasteiger partial charge < -0.3 is 9.73 Å². The fraction of sp³-hybridized carbons (Fsp3) is 0.364. The van der Waals surface area contributed by atoms with Gasteiger partial charge in [-0.2, -0.15) is 0 Å². The summed E-state index contributed by atoms with van der Waals surface area (Å²) in [5.41, 5.74) is 2.61. The first kappa shape index (κ1) is 17.0. The third kappa shape index (κ3) is 3.42. The van der Waals surface area contributed by atoms with Gasteiger partial charge in [-0.15, -0.1) is 10.2 Å². The number of nitrogens with zero attached hydrogens (tertiary/aromatic N) is 2. The average Bonchev–Trinajstić information content (AvgIpc) is 3.38. The summed E-state index contributed by atoms with van der Waals surface area (Å²) >= 11 is 0. The van der Waals surface area contributed by atoms with E-state index in [0.717, 1.165) is 12.1 Å². The van der Waals surface area contributed by atoms with Crippen molar-refractivity contribution in [3.05, 3.63) is 72.1 Å². The molecule has 0 spiro atoms. The van der Waals surface area contributed by atoms with Crippen LogP contribution in [-0.2, 0) is 5.41 Å². The zero-order valence-electron chi connectivity index (χ0n) is 15.2. The van der Waals surface area contributed by atoms with Crippen LogP contribution >= 0.6 is 0 Å². The van der Waals surface area contributed by atoms with Gasteiger partial charge in [0.15, 0.2) is 0 Å². The molecule has 1 fully saturated rings. The number of hydrogen-bond donors (Lipinski definition) is 1. The van der Waals surface area contributed by atoms with E-state index in [1.807, 2.05) is 30.3 Å². The fourth-order valence-electron chi connectivity index (χ4n) is 3.95. The van der Waals surface area contributed by atoms with Crippen LogP contribution in [0.25, 0.3) is 11.5 Å². The molecule has 4 heteroatoms. The molecule has 4 rings (SSSR count). The Morgan fingerprint density at radius 2 is 1.62 bits per heavy atom. The largest absolute Gasteiger partial charge is 0.419 e. The number of nitrogens with one attached hydrogen (secondary N) is 1. The summed E-state index contributed by atoms with van der Waals surface area (Å²) in [5, 5.41) is 12.1. The van der Waals surface area contributed by atoms with Crippen LogP contribution in [0.5, 0.6) is 0 Å². The van der Waals surface area contributed by atoms with E-state index in [0.29, 0.717) is 11.8 Å². The molecule has 1 aliphatic carbocycles. The van der Waals surface area contributed by atoms with Crippen LogP contribution in [0.2, 0.25) is 0 Å². The molecule has 26 heavy (non-hydrogen) atoms. The number of rotatable bonds is 6. The lowest BCUT2D eigenvalue weighted by molar-refractivity contribution is 0.352. The second-order valence-electron chi connectivity index (χ2n) is 7.27. The Balaban J connectivity index is 1.46. The topological polar surface area (TPSA) is 51.0 Å². The number of aromatic nitrogens is 2. The number of hydrogen-bond acceptors (Lipinski definition) is 4. The fourth-order valence-corrected chi connectivity index (χ4v) is 3.95. The Bertz CT molecular complexity index is 823. The van der Waals surface area contributed by atoms with Gasteiger partial charge in [0.25, 0.3) is 0 Å². The third-order valence-electron chi connectivity index (χ3n) is 5.53. The zero-order valence-corrected chi connectivity index (χ0v) is 15.2. The maximum Gasteiger partial charge on any atom is 0.247 e. The first-order valence-corrected chi connectivity index (χ1v) is 9.45. The maximum atomic E-state index is 5.90. The van der Waals surface area contributed by atoms with Crippen LogP contribution in [0.3, 0.4) is 0 Å². The number of benzene rings is 2.